The van der Waals surface area contributed by atoms with Gasteiger partial charge in [0, 0.05) is 36.9 Å². The third-order valence-corrected chi connectivity index (χ3v) is 6.43. The van der Waals surface area contributed by atoms with Crippen LogP contribution in [0.2, 0.25) is 0 Å². The molecule has 4 nitrogen and oxygen atoms in total. The van der Waals surface area contributed by atoms with Gasteiger partial charge in [-0.1, -0.05) is 53.8 Å². The van der Waals surface area contributed by atoms with Crippen LogP contribution in [-0.2, 0) is 6.54 Å². The molecule has 0 aliphatic carbocycles. The van der Waals surface area contributed by atoms with Crippen LogP contribution in [0.15, 0.2) is 59.4 Å². The zero-order valence-electron chi connectivity index (χ0n) is 15.7. The molecule has 1 fully saturated rings. The maximum absolute atomic E-state index is 12.4. The van der Waals surface area contributed by atoms with E-state index in [-0.39, 0.29) is 5.56 Å². The fourth-order valence-corrected chi connectivity index (χ4v) is 5.04. The van der Waals surface area contributed by atoms with Crippen LogP contribution < -0.4 is 10.5 Å². The van der Waals surface area contributed by atoms with Crippen LogP contribution in [0, 0.1) is 0 Å². The molecule has 1 aliphatic rings. The normalized spacial score (nSPS) is 15.9. The summed E-state index contributed by atoms with van der Waals surface area (Å²) in [4.78, 5) is 21.7. The molecule has 1 aliphatic heterocycles. The summed E-state index contributed by atoms with van der Waals surface area (Å²) in [5, 5.41) is 1.59. The summed E-state index contributed by atoms with van der Waals surface area (Å²) in [5.41, 5.74) is 1.26. The SMILES string of the molecule is CCN(c1nc(=O)c2ccccc2s1)C1CCN(Cc2ccccc2)CC1. The number of hydrogen-bond acceptors (Lipinski definition) is 5. The number of hydrogen-bond donors (Lipinski definition) is 0. The lowest BCUT2D eigenvalue weighted by atomic mass is 10.0. The molecule has 4 rings (SSSR count). The molecule has 0 N–H and O–H groups in total. The van der Waals surface area contributed by atoms with E-state index in [1.165, 1.54) is 5.56 Å². The second-order valence-electron chi connectivity index (χ2n) is 7.08. The zero-order chi connectivity index (χ0) is 18.6. The van der Waals surface area contributed by atoms with E-state index in [0.29, 0.717) is 6.04 Å². The molecule has 2 heterocycles. The summed E-state index contributed by atoms with van der Waals surface area (Å²) in [7, 11) is 0. The Morgan fingerprint density at radius 3 is 2.52 bits per heavy atom. The second kappa shape index (κ2) is 8.19. The Morgan fingerprint density at radius 2 is 1.78 bits per heavy atom. The van der Waals surface area contributed by atoms with Crippen LogP contribution in [0.3, 0.4) is 0 Å². The first kappa shape index (κ1) is 18.1. The second-order valence-corrected chi connectivity index (χ2v) is 8.09. The molecule has 2 aromatic carbocycles. The van der Waals surface area contributed by atoms with Gasteiger partial charge in [-0.05, 0) is 37.5 Å². The van der Waals surface area contributed by atoms with Crippen molar-refractivity contribution >= 4 is 26.6 Å². The lowest BCUT2D eigenvalue weighted by Gasteiger charge is -2.38. The van der Waals surface area contributed by atoms with E-state index in [2.05, 4.69) is 52.0 Å². The molecule has 3 aromatic rings. The number of anilines is 1. The summed E-state index contributed by atoms with van der Waals surface area (Å²) >= 11 is 1.63. The van der Waals surface area contributed by atoms with Crippen molar-refractivity contribution in [2.45, 2.75) is 32.4 Å². The highest BCUT2D eigenvalue weighted by Gasteiger charge is 2.25. The quantitative estimate of drug-likeness (QED) is 0.667. The van der Waals surface area contributed by atoms with E-state index < -0.39 is 0 Å². The van der Waals surface area contributed by atoms with Crippen molar-refractivity contribution in [1.29, 1.82) is 0 Å². The first-order valence-corrected chi connectivity index (χ1v) is 10.5. The van der Waals surface area contributed by atoms with Crippen LogP contribution in [0.1, 0.15) is 25.3 Å². The van der Waals surface area contributed by atoms with Crippen LogP contribution in [0.5, 0.6) is 0 Å². The molecule has 0 bridgehead atoms. The molecule has 0 amide bonds. The summed E-state index contributed by atoms with van der Waals surface area (Å²) in [6.07, 6.45) is 2.21. The highest BCUT2D eigenvalue weighted by Crippen LogP contribution is 2.28. The van der Waals surface area contributed by atoms with Gasteiger partial charge in [0.05, 0.1) is 5.39 Å². The van der Waals surface area contributed by atoms with E-state index in [4.69, 9.17) is 0 Å². The molecule has 0 spiro atoms. The summed E-state index contributed by atoms with van der Waals surface area (Å²) in [6, 6.07) is 18.9. The molecule has 0 saturated carbocycles. The van der Waals surface area contributed by atoms with E-state index in [1.54, 1.807) is 11.3 Å². The summed E-state index contributed by atoms with van der Waals surface area (Å²) < 4.78 is 1.02. The molecule has 140 valence electrons. The lowest BCUT2D eigenvalue weighted by molar-refractivity contribution is 0.202. The van der Waals surface area contributed by atoms with Gasteiger partial charge in [0.15, 0.2) is 5.13 Å². The van der Waals surface area contributed by atoms with Crippen molar-refractivity contribution in [3.63, 3.8) is 0 Å². The molecule has 0 unspecified atom stereocenters. The number of fused-ring (bicyclic) bond motifs is 1. The summed E-state index contributed by atoms with van der Waals surface area (Å²) in [5.74, 6) is 0. The van der Waals surface area contributed by atoms with Crippen molar-refractivity contribution in [1.82, 2.24) is 9.88 Å². The third kappa shape index (κ3) is 4.04. The molecule has 0 atom stereocenters. The minimum absolute atomic E-state index is 0.112. The predicted molar refractivity (Wildman–Crippen MR) is 114 cm³/mol. The largest absolute Gasteiger partial charge is 0.345 e. The summed E-state index contributed by atoms with van der Waals surface area (Å²) in [6.45, 7) is 6.22. The van der Waals surface area contributed by atoms with Gasteiger partial charge in [0.25, 0.3) is 5.56 Å². The number of aromatic nitrogens is 1. The molecular formula is C22H25N3OS. The molecule has 0 radical (unpaired) electrons. The Kier molecular flexibility index (Phi) is 5.50. The van der Waals surface area contributed by atoms with Crippen molar-refractivity contribution < 1.29 is 0 Å². The lowest BCUT2D eigenvalue weighted by Crippen LogP contribution is -2.45. The number of nitrogens with zero attached hydrogens (tertiary/aromatic N) is 3. The van der Waals surface area contributed by atoms with Gasteiger partial charge in [-0.25, -0.2) is 0 Å². The molecule has 27 heavy (non-hydrogen) atoms. The Hall–Kier alpha value is -2.24. The third-order valence-electron chi connectivity index (χ3n) is 5.35. The van der Waals surface area contributed by atoms with E-state index in [0.717, 1.165) is 54.2 Å². The Labute approximate surface area is 164 Å². The molecular weight excluding hydrogens is 354 g/mol. The topological polar surface area (TPSA) is 36.4 Å². The van der Waals surface area contributed by atoms with Gasteiger partial charge in [-0.15, -0.1) is 0 Å². The monoisotopic (exact) mass is 379 g/mol. The standard InChI is InChI=1S/C22H25N3OS/c1-2-25(22-23-21(26)19-10-6-7-11-20(19)27-22)18-12-14-24(15-13-18)16-17-8-4-3-5-9-17/h3-11,18H,2,12-16H2,1H3. The van der Waals surface area contributed by atoms with E-state index in [1.807, 2.05) is 24.3 Å². The van der Waals surface area contributed by atoms with Crippen molar-refractivity contribution in [2.24, 2.45) is 0 Å². The first-order chi connectivity index (χ1) is 13.2. The highest BCUT2D eigenvalue weighted by molar-refractivity contribution is 7.21. The smallest absolute Gasteiger partial charge is 0.281 e. The fourth-order valence-electron chi connectivity index (χ4n) is 3.90. The number of benzene rings is 2. The number of rotatable bonds is 5. The number of likely N-dealkylation sites (tertiary alicyclic amines) is 1. The minimum atomic E-state index is -0.112. The Balaban J connectivity index is 1.47. The first-order valence-electron chi connectivity index (χ1n) is 9.67. The van der Waals surface area contributed by atoms with E-state index in [9.17, 15) is 4.79 Å². The molecule has 1 saturated heterocycles. The maximum atomic E-state index is 12.4. The average molecular weight is 380 g/mol. The van der Waals surface area contributed by atoms with Gasteiger partial charge in [0.2, 0.25) is 0 Å². The van der Waals surface area contributed by atoms with Gasteiger partial charge in [-0.2, -0.15) is 4.98 Å². The Bertz CT molecular complexity index is 948. The fraction of sp³-hybridized carbons (Fsp3) is 0.364. The number of piperidine rings is 1. The zero-order valence-corrected chi connectivity index (χ0v) is 16.5. The average Bonchev–Trinajstić information content (AvgIpc) is 2.71. The van der Waals surface area contributed by atoms with Gasteiger partial charge >= 0.3 is 0 Å². The van der Waals surface area contributed by atoms with Gasteiger partial charge in [0.1, 0.15) is 0 Å². The van der Waals surface area contributed by atoms with Crippen LogP contribution >= 0.6 is 11.3 Å². The van der Waals surface area contributed by atoms with Crippen molar-refractivity contribution in [3.8, 4) is 0 Å². The maximum Gasteiger partial charge on any atom is 0.281 e. The molecule has 5 heteroatoms. The minimum Gasteiger partial charge on any atom is -0.345 e. The van der Waals surface area contributed by atoms with Crippen LogP contribution in [0.4, 0.5) is 5.13 Å². The van der Waals surface area contributed by atoms with Crippen molar-refractivity contribution in [2.75, 3.05) is 24.5 Å². The van der Waals surface area contributed by atoms with Gasteiger partial charge in [-0.3, -0.25) is 9.69 Å². The highest BCUT2D eigenvalue weighted by atomic mass is 32.1. The van der Waals surface area contributed by atoms with Crippen LogP contribution in [0.25, 0.3) is 10.1 Å². The van der Waals surface area contributed by atoms with E-state index >= 15 is 0 Å². The van der Waals surface area contributed by atoms with Crippen molar-refractivity contribution in [3.05, 3.63) is 70.5 Å². The molecule has 1 aromatic heterocycles. The predicted octanol–water partition coefficient (Wildman–Crippen LogP) is 4.15. The Morgan fingerprint density at radius 1 is 1.07 bits per heavy atom. The van der Waals surface area contributed by atoms with Gasteiger partial charge < -0.3 is 4.90 Å². The van der Waals surface area contributed by atoms with Crippen LogP contribution in [-0.4, -0.2) is 35.6 Å².